The number of halogens is 11. The minimum Gasteiger partial charge on any atom is -0.471 e. The minimum absolute atomic E-state index is 0.00891. The number of rotatable bonds is 10. The zero-order chi connectivity index (χ0) is 36.8. The first-order valence-corrected chi connectivity index (χ1v) is 15.2. The number of carbonyl (C=O) groups excluding carboxylic acids is 2. The largest absolute Gasteiger partial charge is 0.471 e. The molecule has 9 nitrogen and oxygen atoms in total. The van der Waals surface area contributed by atoms with E-state index >= 15 is 0 Å². The van der Waals surface area contributed by atoms with Gasteiger partial charge in [0.15, 0.2) is 12.3 Å². The number of ether oxygens (including phenoxy) is 1. The molecule has 0 bridgehead atoms. The lowest BCUT2D eigenvalue weighted by Gasteiger charge is -2.30. The molecule has 0 atom stereocenters. The highest BCUT2D eigenvalue weighted by Crippen LogP contribution is 2.57. The summed E-state index contributed by atoms with van der Waals surface area (Å²) in [7, 11) is 1.30. The Morgan fingerprint density at radius 1 is 0.980 bits per heavy atom. The van der Waals surface area contributed by atoms with Crippen LogP contribution in [0.1, 0.15) is 60.0 Å². The minimum atomic E-state index is -4.93. The molecule has 0 spiro atoms. The second-order valence-electron chi connectivity index (χ2n) is 12.2. The summed E-state index contributed by atoms with van der Waals surface area (Å²) in [6.45, 7) is -1.73. The van der Waals surface area contributed by atoms with Gasteiger partial charge in [-0.1, -0.05) is 6.07 Å². The van der Waals surface area contributed by atoms with Gasteiger partial charge >= 0.3 is 18.5 Å². The number of anilines is 2. The fourth-order valence-corrected chi connectivity index (χ4v) is 5.74. The van der Waals surface area contributed by atoms with Crippen molar-refractivity contribution in [3.05, 3.63) is 41.0 Å². The van der Waals surface area contributed by atoms with Crippen LogP contribution in [0.15, 0.2) is 24.3 Å². The second-order valence-corrected chi connectivity index (χ2v) is 12.2. The molecule has 5 rings (SSSR count). The molecule has 3 aromatic rings. The van der Waals surface area contributed by atoms with Crippen LogP contribution >= 0.6 is 0 Å². The Balaban J connectivity index is 1.41. The Labute approximate surface area is 275 Å². The lowest BCUT2D eigenvalue weighted by Crippen LogP contribution is -2.40. The molecular formula is C30H29F11N6O3. The maximum Gasteiger partial charge on any atom is 0.418 e. The molecule has 0 unspecified atom stereocenters. The molecule has 0 saturated heterocycles. The van der Waals surface area contributed by atoms with Crippen LogP contribution in [0.3, 0.4) is 0 Å². The van der Waals surface area contributed by atoms with E-state index in [9.17, 15) is 57.9 Å². The first kappa shape index (κ1) is 36.9. The number of carbonyl (C=O) groups is 2. The number of nitrogens with one attached hydrogen (secondary N) is 3. The molecule has 2 saturated carbocycles. The van der Waals surface area contributed by atoms with Crippen molar-refractivity contribution in [2.45, 2.75) is 76.1 Å². The van der Waals surface area contributed by atoms with E-state index in [0.29, 0.717) is 6.07 Å². The van der Waals surface area contributed by atoms with E-state index in [-0.39, 0.29) is 48.4 Å². The lowest BCUT2D eigenvalue weighted by molar-refractivity contribution is -0.192. The van der Waals surface area contributed by atoms with Crippen LogP contribution in [0.25, 0.3) is 11.2 Å². The standard InChI is InChI=1S/C30H29F11N6O3/c1-47-22-20(11-17(24(46-22)50-13-21(31)32)23(48)43-16-5-3-15(4-6-16)28(33,34)35)45-26(47)44-19-10-14(2-7-18(19)29(36,37)38)12-42-25(49)27(8-9-27)30(39,40)41/h2,7,10-11,15-16,21H,3-6,8-9,12-13H2,1H3,(H,42,49)(H,43,48)(H,44,45). The molecule has 2 heterocycles. The molecule has 0 radical (unpaired) electrons. The van der Waals surface area contributed by atoms with Crippen molar-refractivity contribution in [1.29, 1.82) is 0 Å². The summed E-state index contributed by atoms with van der Waals surface area (Å²) >= 11 is 0. The molecule has 3 N–H and O–H groups in total. The Bertz CT molecular complexity index is 1740. The second kappa shape index (κ2) is 13.4. The number of imidazole rings is 1. The van der Waals surface area contributed by atoms with Gasteiger partial charge in [0.25, 0.3) is 12.3 Å². The van der Waals surface area contributed by atoms with E-state index in [1.54, 1.807) is 0 Å². The zero-order valence-electron chi connectivity index (χ0n) is 25.9. The summed E-state index contributed by atoms with van der Waals surface area (Å²) < 4.78 is 153. The molecular weight excluding hydrogens is 701 g/mol. The normalized spacial score (nSPS) is 19.4. The van der Waals surface area contributed by atoms with Gasteiger partial charge in [-0.2, -0.15) is 44.5 Å². The van der Waals surface area contributed by atoms with Crippen molar-refractivity contribution < 1.29 is 62.6 Å². The van der Waals surface area contributed by atoms with Crippen molar-refractivity contribution in [3.8, 4) is 5.88 Å². The van der Waals surface area contributed by atoms with E-state index in [1.165, 1.54) is 7.05 Å². The van der Waals surface area contributed by atoms with E-state index in [1.807, 2.05) is 0 Å². The molecule has 20 heteroatoms. The number of benzene rings is 1. The number of fused-ring (bicyclic) bond motifs is 1. The van der Waals surface area contributed by atoms with E-state index in [0.717, 1.165) is 22.8 Å². The van der Waals surface area contributed by atoms with Crippen molar-refractivity contribution in [2.75, 3.05) is 11.9 Å². The summed E-state index contributed by atoms with van der Waals surface area (Å²) in [5.74, 6) is -4.63. The summed E-state index contributed by atoms with van der Waals surface area (Å²) in [6, 6.07) is 2.98. The molecule has 2 aliphatic rings. The first-order valence-electron chi connectivity index (χ1n) is 15.2. The lowest BCUT2D eigenvalue weighted by atomic mass is 9.85. The number of nitrogens with zero attached hydrogens (tertiary/aromatic N) is 3. The molecule has 1 aromatic carbocycles. The number of pyridine rings is 1. The summed E-state index contributed by atoms with van der Waals surface area (Å²) in [6.07, 6.45) is -18.4. The van der Waals surface area contributed by atoms with Crippen LogP contribution in [-0.4, -0.2) is 57.8 Å². The number of alkyl halides is 11. The highest BCUT2D eigenvalue weighted by molar-refractivity contribution is 5.99. The van der Waals surface area contributed by atoms with Gasteiger partial charge in [-0.25, -0.2) is 13.8 Å². The van der Waals surface area contributed by atoms with E-state index in [2.05, 4.69) is 25.9 Å². The highest BCUT2D eigenvalue weighted by atomic mass is 19.4. The third-order valence-electron chi connectivity index (χ3n) is 8.74. The van der Waals surface area contributed by atoms with Gasteiger partial charge in [-0.3, -0.25) is 14.2 Å². The summed E-state index contributed by atoms with van der Waals surface area (Å²) in [5, 5.41) is 7.15. The Hall–Kier alpha value is -4.39. The van der Waals surface area contributed by atoms with Gasteiger partial charge in [0.2, 0.25) is 17.7 Å². The van der Waals surface area contributed by atoms with Crippen LogP contribution < -0.4 is 20.7 Å². The Morgan fingerprint density at radius 2 is 1.64 bits per heavy atom. The zero-order valence-corrected chi connectivity index (χ0v) is 25.9. The topological polar surface area (TPSA) is 110 Å². The molecule has 0 aliphatic heterocycles. The number of aromatic nitrogens is 3. The fourth-order valence-electron chi connectivity index (χ4n) is 5.74. The van der Waals surface area contributed by atoms with E-state index in [4.69, 9.17) is 4.74 Å². The average Bonchev–Trinajstić information content (AvgIpc) is 3.79. The molecule has 2 aliphatic carbocycles. The van der Waals surface area contributed by atoms with Gasteiger partial charge in [-0.15, -0.1) is 0 Å². The number of aryl methyl sites for hydroxylation is 1. The third-order valence-corrected chi connectivity index (χ3v) is 8.74. The van der Waals surface area contributed by atoms with E-state index < -0.39 is 103 Å². The summed E-state index contributed by atoms with van der Waals surface area (Å²) in [4.78, 5) is 33.7. The van der Waals surface area contributed by atoms with Crippen LogP contribution in [0.5, 0.6) is 5.88 Å². The van der Waals surface area contributed by atoms with Crippen molar-refractivity contribution >= 4 is 34.6 Å². The predicted molar refractivity (Wildman–Crippen MR) is 154 cm³/mol. The first-order chi connectivity index (χ1) is 23.2. The van der Waals surface area contributed by atoms with Crippen molar-refractivity contribution in [3.63, 3.8) is 0 Å². The van der Waals surface area contributed by atoms with Gasteiger partial charge in [0, 0.05) is 19.6 Å². The van der Waals surface area contributed by atoms with Crippen molar-refractivity contribution in [1.82, 2.24) is 25.2 Å². The monoisotopic (exact) mass is 730 g/mol. The number of hydrogen-bond donors (Lipinski definition) is 3. The maximum atomic E-state index is 14.0. The SMILES string of the molecule is Cn1c(Nc2cc(CNC(=O)C3(C(F)(F)F)CC3)ccc2C(F)(F)F)nc2cc(C(=O)NC3CCC(C(F)(F)F)CC3)c(OCC(F)F)nc21. The highest BCUT2D eigenvalue weighted by Gasteiger charge is 2.68. The van der Waals surface area contributed by atoms with Crippen LogP contribution in [0.4, 0.5) is 59.9 Å². The van der Waals surface area contributed by atoms with Gasteiger partial charge < -0.3 is 20.7 Å². The van der Waals surface area contributed by atoms with Crippen LogP contribution in [-0.2, 0) is 24.6 Å². The molecule has 50 heavy (non-hydrogen) atoms. The summed E-state index contributed by atoms with van der Waals surface area (Å²) in [5.41, 5.74) is -4.98. The number of amides is 2. The predicted octanol–water partition coefficient (Wildman–Crippen LogP) is 7.18. The maximum absolute atomic E-state index is 14.0. The smallest absolute Gasteiger partial charge is 0.418 e. The molecule has 2 amide bonds. The Kier molecular flexibility index (Phi) is 9.87. The van der Waals surface area contributed by atoms with Gasteiger partial charge in [0.05, 0.1) is 17.2 Å². The van der Waals surface area contributed by atoms with Crippen molar-refractivity contribution in [2.24, 2.45) is 18.4 Å². The third kappa shape index (κ3) is 7.82. The quantitative estimate of drug-likeness (QED) is 0.191. The van der Waals surface area contributed by atoms with Crippen LogP contribution in [0, 0.1) is 11.3 Å². The average molecular weight is 731 g/mol. The molecule has 2 fully saturated rings. The molecule has 274 valence electrons. The van der Waals surface area contributed by atoms with Gasteiger partial charge in [-0.05, 0) is 62.3 Å². The van der Waals surface area contributed by atoms with Gasteiger partial charge in [0.1, 0.15) is 16.5 Å². The fraction of sp³-hybridized carbons (Fsp3) is 0.533. The van der Waals surface area contributed by atoms with Crippen LogP contribution in [0.2, 0.25) is 0 Å². The number of hydrogen-bond acceptors (Lipinski definition) is 6. The Morgan fingerprint density at radius 3 is 2.20 bits per heavy atom. The molecule has 2 aromatic heterocycles.